The van der Waals surface area contributed by atoms with Gasteiger partial charge in [0.05, 0.1) is 12.1 Å². The number of carbonyl (C=O) groups is 1. The molecule has 0 atom stereocenters. The number of carboxylic acids is 1. The molecule has 0 aliphatic rings. The third-order valence-corrected chi connectivity index (χ3v) is 2.76. The normalized spacial score (nSPS) is 10.1. The van der Waals surface area contributed by atoms with Crippen LogP contribution in [0.3, 0.4) is 0 Å². The molecule has 0 aromatic heterocycles. The lowest BCUT2D eigenvalue weighted by Gasteiger charge is -2.11. The third-order valence-electron chi connectivity index (χ3n) is 2.76. The molecule has 19 heavy (non-hydrogen) atoms. The van der Waals surface area contributed by atoms with Gasteiger partial charge in [0.1, 0.15) is 12.4 Å². The van der Waals surface area contributed by atoms with E-state index < -0.39 is 5.97 Å². The minimum absolute atomic E-state index is 0.0101. The largest absolute Gasteiger partial charge is 0.487 e. The van der Waals surface area contributed by atoms with Gasteiger partial charge in [-0.2, -0.15) is 0 Å². The Kier molecular flexibility index (Phi) is 4.03. The molecular formula is C15H15NO3. The van der Waals surface area contributed by atoms with Crippen molar-refractivity contribution in [2.45, 2.75) is 13.0 Å². The van der Waals surface area contributed by atoms with Crippen LogP contribution in [0.2, 0.25) is 0 Å². The number of nitrogen functional groups attached to an aromatic ring is 1. The Labute approximate surface area is 111 Å². The SMILES string of the molecule is Nc1ccccc1OCc1ccccc1CC(=O)O. The lowest BCUT2D eigenvalue weighted by atomic mass is 10.1. The van der Waals surface area contributed by atoms with E-state index in [1.165, 1.54) is 0 Å². The van der Waals surface area contributed by atoms with Crippen molar-refractivity contribution in [3.63, 3.8) is 0 Å². The van der Waals surface area contributed by atoms with Crippen LogP contribution in [0.25, 0.3) is 0 Å². The summed E-state index contributed by atoms with van der Waals surface area (Å²) in [4.78, 5) is 10.8. The molecule has 2 aromatic carbocycles. The smallest absolute Gasteiger partial charge is 0.307 e. The number of nitrogens with two attached hydrogens (primary N) is 1. The monoisotopic (exact) mass is 257 g/mol. The maximum absolute atomic E-state index is 10.8. The Balaban J connectivity index is 2.11. The molecule has 98 valence electrons. The summed E-state index contributed by atoms with van der Waals surface area (Å²) in [7, 11) is 0. The average Bonchev–Trinajstić information content (AvgIpc) is 2.39. The average molecular weight is 257 g/mol. The highest BCUT2D eigenvalue weighted by Gasteiger charge is 2.07. The summed E-state index contributed by atoms with van der Waals surface area (Å²) in [5.41, 5.74) is 7.96. The van der Waals surface area contributed by atoms with E-state index in [0.29, 0.717) is 18.0 Å². The molecule has 2 rings (SSSR count). The van der Waals surface area contributed by atoms with Crippen molar-refractivity contribution < 1.29 is 14.6 Å². The van der Waals surface area contributed by atoms with Crippen LogP contribution in [0, 0.1) is 0 Å². The topological polar surface area (TPSA) is 72.5 Å². The van der Waals surface area contributed by atoms with Crippen LogP contribution in [-0.4, -0.2) is 11.1 Å². The molecule has 4 nitrogen and oxygen atoms in total. The van der Waals surface area contributed by atoms with E-state index in [9.17, 15) is 4.79 Å². The Bertz CT molecular complexity index is 581. The highest BCUT2D eigenvalue weighted by atomic mass is 16.5. The number of benzene rings is 2. The summed E-state index contributed by atoms with van der Waals surface area (Å²) in [6.07, 6.45) is -0.0101. The zero-order valence-corrected chi connectivity index (χ0v) is 10.4. The number of rotatable bonds is 5. The first-order valence-corrected chi connectivity index (χ1v) is 5.92. The molecule has 0 spiro atoms. The highest BCUT2D eigenvalue weighted by molar-refractivity contribution is 5.70. The Hall–Kier alpha value is -2.49. The Morgan fingerprint density at radius 3 is 2.37 bits per heavy atom. The minimum atomic E-state index is -0.855. The van der Waals surface area contributed by atoms with Crippen LogP contribution in [-0.2, 0) is 17.8 Å². The maximum atomic E-state index is 10.8. The summed E-state index contributed by atoms with van der Waals surface area (Å²) in [5, 5.41) is 8.86. The van der Waals surface area contributed by atoms with Gasteiger partial charge >= 0.3 is 5.97 Å². The van der Waals surface area contributed by atoms with Crippen LogP contribution in [0.15, 0.2) is 48.5 Å². The van der Waals surface area contributed by atoms with Crippen molar-refractivity contribution in [1.82, 2.24) is 0 Å². The second kappa shape index (κ2) is 5.91. The van der Waals surface area contributed by atoms with Gasteiger partial charge in [-0.15, -0.1) is 0 Å². The van der Waals surface area contributed by atoms with E-state index in [1.807, 2.05) is 30.3 Å². The van der Waals surface area contributed by atoms with E-state index in [-0.39, 0.29) is 6.42 Å². The van der Waals surface area contributed by atoms with Gasteiger partial charge in [0.25, 0.3) is 0 Å². The Morgan fingerprint density at radius 2 is 1.68 bits per heavy atom. The van der Waals surface area contributed by atoms with Crippen LogP contribution in [0.5, 0.6) is 5.75 Å². The van der Waals surface area contributed by atoms with Gasteiger partial charge in [-0.1, -0.05) is 36.4 Å². The first-order valence-electron chi connectivity index (χ1n) is 5.92. The molecule has 0 amide bonds. The Morgan fingerprint density at radius 1 is 1.05 bits per heavy atom. The fraction of sp³-hybridized carbons (Fsp3) is 0.133. The van der Waals surface area contributed by atoms with Crippen molar-refractivity contribution in [1.29, 1.82) is 0 Å². The van der Waals surface area contributed by atoms with Gasteiger partial charge in [0.15, 0.2) is 0 Å². The summed E-state index contributed by atoms with van der Waals surface area (Å²) in [6, 6.07) is 14.6. The molecule has 0 aliphatic carbocycles. The van der Waals surface area contributed by atoms with Crippen LogP contribution in [0.4, 0.5) is 5.69 Å². The molecule has 0 fully saturated rings. The van der Waals surface area contributed by atoms with Gasteiger partial charge in [-0.25, -0.2) is 0 Å². The molecule has 3 N–H and O–H groups in total. The fourth-order valence-corrected chi connectivity index (χ4v) is 1.80. The molecule has 0 saturated heterocycles. The van der Waals surface area contributed by atoms with E-state index >= 15 is 0 Å². The predicted molar refractivity (Wildman–Crippen MR) is 73.0 cm³/mol. The fourth-order valence-electron chi connectivity index (χ4n) is 1.80. The van der Waals surface area contributed by atoms with Crippen molar-refractivity contribution >= 4 is 11.7 Å². The lowest BCUT2D eigenvalue weighted by molar-refractivity contribution is -0.136. The number of hydrogen-bond acceptors (Lipinski definition) is 3. The molecule has 0 aliphatic heterocycles. The number of carboxylic acid groups (broad SMARTS) is 1. The van der Waals surface area contributed by atoms with Crippen LogP contribution in [0.1, 0.15) is 11.1 Å². The van der Waals surface area contributed by atoms with Gasteiger partial charge in [0, 0.05) is 0 Å². The third kappa shape index (κ3) is 3.48. The summed E-state index contributed by atoms with van der Waals surface area (Å²) >= 11 is 0. The number of anilines is 1. The quantitative estimate of drug-likeness (QED) is 0.807. The maximum Gasteiger partial charge on any atom is 0.307 e. The van der Waals surface area contributed by atoms with E-state index in [4.69, 9.17) is 15.6 Å². The first kappa shape index (κ1) is 13.0. The second-order valence-corrected chi connectivity index (χ2v) is 4.17. The zero-order chi connectivity index (χ0) is 13.7. The van der Waals surface area contributed by atoms with Gasteiger partial charge in [-0.05, 0) is 23.3 Å². The van der Waals surface area contributed by atoms with Crippen LogP contribution >= 0.6 is 0 Å². The summed E-state index contributed by atoms with van der Waals surface area (Å²) in [5.74, 6) is -0.251. The zero-order valence-electron chi connectivity index (χ0n) is 10.4. The highest BCUT2D eigenvalue weighted by Crippen LogP contribution is 2.22. The molecule has 0 bridgehead atoms. The molecule has 0 radical (unpaired) electrons. The number of para-hydroxylation sites is 2. The van der Waals surface area contributed by atoms with Gasteiger partial charge < -0.3 is 15.6 Å². The van der Waals surface area contributed by atoms with E-state index in [2.05, 4.69) is 0 Å². The lowest BCUT2D eigenvalue weighted by Crippen LogP contribution is -2.06. The van der Waals surface area contributed by atoms with Gasteiger partial charge in [0.2, 0.25) is 0 Å². The van der Waals surface area contributed by atoms with Crippen molar-refractivity contribution in [2.24, 2.45) is 0 Å². The van der Waals surface area contributed by atoms with Crippen LogP contribution < -0.4 is 10.5 Å². The first-order chi connectivity index (χ1) is 9.16. The second-order valence-electron chi connectivity index (χ2n) is 4.17. The minimum Gasteiger partial charge on any atom is -0.487 e. The van der Waals surface area contributed by atoms with Crippen molar-refractivity contribution in [3.05, 3.63) is 59.7 Å². The molecule has 4 heteroatoms. The number of hydrogen-bond donors (Lipinski definition) is 2. The summed E-state index contributed by atoms with van der Waals surface area (Å²) in [6.45, 7) is 0.303. The van der Waals surface area contributed by atoms with Crippen molar-refractivity contribution in [3.8, 4) is 5.75 Å². The summed E-state index contributed by atoms with van der Waals surface area (Å²) < 4.78 is 5.63. The van der Waals surface area contributed by atoms with E-state index in [1.54, 1.807) is 18.2 Å². The van der Waals surface area contributed by atoms with E-state index in [0.717, 1.165) is 11.1 Å². The molecule has 0 heterocycles. The molecule has 2 aromatic rings. The predicted octanol–water partition coefficient (Wildman–Crippen LogP) is 2.47. The number of ether oxygens (including phenoxy) is 1. The molecule has 0 unspecified atom stereocenters. The molecule has 0 saturated carbocycles. The standard InChI is InChI=1S/C15H15NO3/c16-13-7-3-4-8-14(13)19-10-12-6-2-1-5-11(12)9-15(17)18/h1-8H,9-10,16H2,(H,17,18). The molecular weight excluding hydrogens is 242 g/mol. The van der Waals surface area contributed by atoms with Crippen molar-refractivity contribution in [2.75, 3.05) is 5.73 Å². The van der Waals surface area contributed by atoms with Gasteiger partial charge in [-0.3, -0.25) is 4.79 Å². The number of aliphatic carboxylic acids is 1.